The maximum Gasteiger partial charge on any atom is 0.267 e. The van der Waals surface area contributed by atoms with Crippen LogP contribution in [0, 0.1) is 0 Å². The van der Waals surface area contributed by atoms with Crippen molar-refractivity contribution >= 4 is 16.0 Å². The van der Waals surface area contributed by atoms with Gasteiger partial charge >= 0.3 is 0 Å². The number of unbranched alkanes of at least 4 members (excludes halogenated alkanes) is 4. The van der Waals surface area contributed by atoms with Crippen LogP contribution in [0.25, 0.3) is 0 Å². The number of amides is 1. The van der Waals surface area contributed by atoms with Gasteiger partial charge in [0.05, 0.1) is 17.9 Å². The highest BCUT2D eigenvalue weighted by Crippen LogP contribution is 2.05. The molecule has 6 nitrogen and oxygen atoms in total. The molecule has 0 spiro atoms. The molecule has 3 N–H and O–H groups in total. The van der Waals surface area contributed by atoms with Gasteiger partial charge in [-0.3, -0.25) is 9.35 Å². The lowest BCUT2D eigenvalue weighted by atomic mass is 10.1. The van der Waals surface area contributed by atoms with Gasteiger partial charge in [0.15, 0.2) is 0 Å². The van der Waals surface area contributed by atoms with Gasteiger partial charge in [-0.25, -0.2) is 0 Å². The second kappa shape index (κ2) is 25.8. The second-order valence-corrected chi connectivity index (χ2v) is 10.8. The Labute approximate surface area is 237 Å². The van der Waals surface area contributed by atoms with Crippen molar-refractivity contribution in [3.05, 3.63) is 85.1 Å². The van der Waals surface area contributed by atoms with Crippen LogP contribution in [0.15, 0.2) is 85.1 Å². The number of aliphatic hydroxyl groups excluding tert-OH is 1. The number of carbonyl (C=O) groups is 1. The van der Waals surface area contributed by atoms with Crippen molar-refractivity contribution in [1.29, 1.82) is 0 Å². The van der Waals surface area contributed by atoms with Crippen LogP contribution in [0.4, 0.5) is 0 Å². The minimum Gasteiger partial charge on any atom is -0.387 e. The van der Waals surface area contributed by atoms with Crippen molar-refractivity contribution in [3.8, 4) is 0 Å². The molecule has 2 unspecified atom stereocenters. The average Bonchev–Trinajstić information content (AvgIpc) is 2.88. The Morgan fingerprint density at radius 1 is 0.718 bits per heavy atom. The van der Waals surface area contributed by atoms with Crippen LogP contribution in [-0.2, 0) is 14.9 Å². The van der Waals surface area contributed by atoms with Gasteiger partial charge in [0, 0.05) is 6.42 Å². The molecule has 0 aliphatic rings. The molecule has 0 fully saturated rings. The molecule has 0 saturated heterocycles. The third-order valence-corrected chi connectivity index (χ3v) is 6.36. The van der Waals surface area contributed by atoms with Gasteiger partial charge < -0.3 is 10.4 Å². The van der Waals surface area contributed by atoms with Crippen molar-refractivity contribution in [2.75, 3.05) is 5.75 Å². The van der Waals surface area contributed by atoms with Crippen LogP contribution >= 0.6 is 0 Å². The zero-order chi connectivity index (χ0) is 29.0. The summed E-state index contributed by atoms with van der Waals surface area (Å²) in [5.41, 5.74) is 0. The summed E-state index contributed by atoms with van der Waals surface area (Å²) >= 11 is 0. The molecule has 220 valence electrons. The number of aliphatic hydroxyl groups is 1. The molecule has 0 aliphatic carbocycles. The van der Waals surface area contributed by atoms with Gasteiger partial charge in [0.25, 0.3) is 10.1 Å². The largest absolute Gasteiger partial charge is 0.387 e. The summed E-state index contributed by atoms with van der Waals surface area (Å²) in [7, 11) is -4.37. The van der Waals surface area contributed by atoms with E-state index in [1.807, 2.05) is 12.2 Å². The quantitative estimate of drug-likeness (QED) is 0.0688. The predicted molar refractivity (Wildman–Crippen MR) is 165 cm³/mol. The van der Waals surface area contributed by atoms with Crippen molar-refractivity contribution < 1.29 is 22.9 Å². The van der Waals surface area contributed by atoms with Gasteiger partial charge in [-0.15, -0.1) is 0 Å². The van der Waals surface area contributed by atoms with E-state index in [-0.39, 0.29) is 6.42 Å². The minimum absolute atomic E-state index is 0.0504. The molecular weight excluding hydrogens is 510 g/mol. The van der Waals surface area contributed by atoms with Gasteiger partial charge in [0.2, 0.25) is 5.91 Å². The number of hydrogen-bond donors (Lipinski definition) is 3. The van der Waals surface area contributed by atoms with Crippen molar-refractivity contribution in [2.45, 2.75) is 103 Å². The highest BCUT2D eigenvalue weighted by molar-refractivity contribution is 7.85. The first-order valence-electron chi connectivity index (χ1n) is 14.3. The normalized spacial score (nSPS) is 14.9. The van der Waals surface area contributed by atoms with Crippen LogP contribution in [0.2, 0.25) is 0 Å². The van der Waals surface area contributed by atoms with E-state index in [9.17, 15) is 22.9 Å². The summed E-state index contributed by atoms with van der Waals surface area (Å²) in [6.45, 7) is 4.29. The molecule has 0 rings (SSSR count). The van der Waals surface area contributed by atoms with E-state index in [0.29, 0.717) is 12.8 Å². The van der Waals surface area contributed by atoms with E-state index in [4.69, 9.17) is 0 Å². The molecule has 0 aromatic rings. The third-order valence-electron chi connectivity index (χ3n) is 5.58. The standard InChI is InChI=1S/C32H51NO5S/c1-3-5-7-9-11-13-14-15-16-17-18-20-22-24-26-28-32(35)33-30(29-39(36,37)38)31(34)27-25-23-21-19-12-10-8-6-4-2/h5,7,11-13,15-16,18-20,24-27,30-31,34H,3-4,6,8-10,14,17,21-23,28-29H2,1-2H3,(H,33,35)(H,36,37,38)/b7-5-,13-11-,16-15-,19-12+,20-18-,26-24-,27-25+. The van der Waals surface area contributed by atoms with Crippen LogP contribution in [-0.4, -0.2) is 41.9 Å². The summed E-state index contributed by atoms with van der Waals surface area (Å²) in [4.78, 5) is 12.3. The molecule has 0 aromatic heterocycles. The molecule has 0 heterocycles. The molecule has 0 radical (unpaired) electrons. The maximum atomic E-state index is 12.3. The minimum atomic E-state index is -4.37. The maximum absolute atomic E-state index is 12.3. The van der Waals surface area contributed by atoms with Crippen LogP contribution in [0.3, 0.4) is 0 Å². The highest BCUT2D eigenvalue weighted by atomic mass is 32.2. The molecule has 2 atom stereocenters. The Hall–Kier alpha value is -2.48. The Morgan fingerprint density at radius 2 is 1.23 bits per heavy atom. The summed E-state index contributed by atoms with van der Waals surface area (Å²) in [5.74, 6) is -1.18. The fourth-order valence-electron chi connectivity index (χ4n) is 3.47. The van der Waals surface area contributed by atoms with Crippen LogP contribution in [0.5, 0.6) is 0 Å². The molecule has 1 amide bonds. The van der Waals surface area contributed by atoms with E-state index in [1.54, 1.807) is 12.2 Å². The number of nitrogens with one attached hydrogen (secondary N) is 1. The van der Waals surface area contributed by atoms with Crippen LogP contribution in [0.1, 0.15) is 90.9 Å². The topological polar surface area (TPSA) is 104 Å². The monoisotopic (exact) mass is 561 g/mol. The van der Waals surface area contributed by atoms with E-state index in [0.717, 1.165) is 38.5 Å². The van der Waals surface area contributed by atoms with E-state index in [1.165, 1.54) is 25.3 Å². The number of allylic oxidation sites excluding steroid dienone is 12. The van der Waals surface area contributed by atoms with Gasteiger partial charge in [-0.05, 0) is 57.8 Å². The van der Waals surface area contributed by atoms with Crippen molar-refractivity contribution in [1.82, 2.24) is 5.32 Å². The first kappa shape index (κ1) is 36.5. The zero-order valence-electron chi connectivity index (χ0n) is 24.0. The Kier molecular flexibility index (Phi) is 24.1. The second-order valence-electron chi connectivity index (χ2n) is 9.30. The Morgan fingerprint density at radius 3 is 1.77 bits per heavy atom. The summed E-state index contributed by atoms with van der Waals surface area (Å²) in [6.07, 6.45) is 37.4. The van der Waals surface area contributed by atoms with E-state index < -0.39 is 33.9 Å². The fourth-order valence-corrected chi connectivity index (χ4v) is 4.20. The van der Waals surface area contributed by atoms with Gasteiger partial charge in [-0.1, -0.05) is 112 Å². The smallest absolute Gasteiger partial charge is 0.267 e. The molecule has 39 heavy (non-hydrogen) atoms. The number of hydrogen-bond acceptors (Lipinski definition) is 4. The number of rotatable bonds is 23. The first-order chi connectivity index (χ1) is 18.8. The highest BCUT2D eigenvalue weighted by Gasteiger charge is 2.24. The number of carbonyl (C=O) groups excluding carboxylic acids is 1. The average molecular weight is 562 g/mol. The van der Waals surface area contributed by atoms with Crippen LogP contribution < -0.4 is 5.32 Å². The summed E-state index contributed by atoms with van der Waals surface area (Å²) in [5, 5.41) is 12.9. The van der Waals surface area contributed by atoms with E-state index >= 15 is 0 Å². The fraction of sp³-hybridized carbons (Fsp3) is 0.531. The first-order valence-corrected chi connectivity index (χ1v) is 15.9. The van der Waals surface area contributed by atoms with Gasteiger partial charge in [-0.2, -0.15) is 8.42 Å². The Bertz CT molecular complexity index is 926. The molecule has 0 bridgehead atoms. The third kappa shape index (κ3) is 26.9. The van der Waals surface area contributed by atoms with Gasteiger partial charge in [0.1, 0.15) is 0 Å². The molecular formula is C32H51NO5S. The lowest BCUT2D eigenvalue weighted by Gasteiger charge is -2.20. The molecule has 0 saturated carbocycles. The lowest BCUT2D eigenvalue weighted by molar-refractivity contribution is -0.121. The Balaban J connectivity index is 4.38. The molecule has 0 aliphatic heterocycles. The summed E-state index contributed by atoms with van der Waals surface area (Å²) < 4.78 is 32.0. The zero-order valence-corrected chi connectivity index (χ0v) is 24.8. The molecule has 7 heteroatoms. The van der Waals surface area contributed by atoms with Crippen molar-refractivity contribution in [3.63, 3.8) is 0 Å². The lowest BCUT2D eigenvalue weighted by Crippen LogP contribution is -2.46. The molecule has 0 aromatic carbocycles. The SMILES string of the molecule is CC/C=C\C/C=C\C/C=C\C/C=C\C/C=C\CC(=O)NC(CS(=O)(=O)O)C(O)/C=C/CC/C=C/CCCCC. The summed E-state index contributed by atoms with van der Waals surface area (Å²) in [6, 6.07) is -1.13. The predicted octanol–water partition coefficient (Wildman–Crippen LogP) is 7.33. The van der Waals surface area contributed by atoms with Crippen molar-refractivity contribution in [2.24, 2.45) is 0 Å². The van der Waals surface area contributed by atoms with E-state index in [2.05, 4.69) is 73.8 Å².